The van der Waals surface area contributed by atoms with E-state index >= 15 is 0 Å². The normalized spacial score (nSPS) is 10.4. The second-order valence-corrected chi connectivity index (χ2v) is 5.26. The lowest BCUT2D eigenvalue weighted by molar-refractivity contribution is -0.385. The summed E-state index contributed by atoms with van der Waals surface area (Å²) in [5.74, 6) is -0.0325. The SMILES string of the molecule is CCCCN(CCCC)C(=O)c1ccc([N+](=O)[O-])c(C)c1. The minimum absolute atomic E-state index is 0.0325. The molecule has 1 amide bonds. The number of unbranched alkanes of at least 4 members (excludes halogenated alkanes) is 2. The summed E-state index contributed by atoms with van der Waals surface area (Å²) in [6, 6.07) is 4.59. The molecule has 0 saturated carbocycles. The Balaban J connectivity index is 2.91. The lowest BCUT2D eigenvalue weighted by atomic mass is 10.1. The molecular weight excluding hydrogens is 268 g/mol. The second kappa shape index (κ2) is 8.39. The molecule has 116 valence electrons. The summed E-state index contributed by atoms with van der Waals surface area (Å²) in [5, 5.41) is 10.8. The summed E-state index contributed by atoms with van der Waals surface area (Å²) in [6.45, 7) is 7.34. The molecule has 0 fully saturated rings. The lowest BCUT2D eigenvalue weighted by Crippen LogP contribution is -2.33. The predicted octanol–water partition coefficient (Wildman–Crippen LogP) is 3.95. The molecule has 0 atom stereocenters. The number of hydrogen-bond donors (Lipinski definition) is 0. The molecule has 21 heavy (non-hydrogen) atoms. The standard InChI is InChI=1S/C16H24N2O3/c1-4-6-10-17(11-7-5-2)16(19)14-8-9-15(18(20)21)13(3)12-14/h8-9,12H,4-7,10-11H2,1-3H3. The van der Waals surface area contributed by atoms with Gasteiger partial charge in [-0.2, -0.15) is 0 Å². The smallest absolute Gasteiger partial charge is 0.272 e. The maximum Gasteiger partial charge on any atom is 0.272 e. The van der Waals surface area contributed by atoms with Crippen LogP contribution in [0, 0.1) is 17.0 Å². The molecule has 5 heteroatoms. The summed E-state index contributed by atoms with van der Waals surface area (Å²) in [7, 11) is 0. The molecule has 0 heterocycles. The first-order valence-electron chi connectivity index (χ1n) is 7.55. The predicted molar refractivity (Wildman–Crippen MR) is 83.6 cm³/mol. The molecule has 0 saturated heterocycles. The molecule has 1 aromatic carbocycles. The minimum Gasteiger partial charge on any atom is -0.339 e. The Hall–Kier alpha value is -1.91. The van der Waals surface area contributed by atoms with Gasteiger partial charge >= 0.3 is 0 Å². The molecular formula is C16H24N2O3. The van der Waals surface area contributed by atoms with Crippen LogP contribution in [0.25, 0.3) is 0 Å². The van der Waals surface area contributed by atoms with Crippen molar-refractivity contribution in [2.75, 3.05) is 13.1 Å². The Bertz CT molecular complexity index is 492. The zero-order valence-corrected chi connectivity index (χ0v) is 13.1. The highest BCUT2D eigenvalue weighted by molar-refractivity contribution is 5.94. The number of rotatable bonds is 8. The van der Waals surface area contributed by atoms with Crippen molar-refractivity contribution in [1.29, 1.82) is 0 Å². The highest BCUT2D eigenvalue weighted by Crippen LogP contribution is 2.20. The average Bonchev–Trinajstić information content (AvgIpc) is 2.46. The Morgan fingerprint density at radius 2 is 1.76 bits per heavy atom. The van der Waals surface area contributed by atoms with Crippen LogP contribution in [0.3, 0.4) is 0 Å². The van der Waals surface area contributed by atoms with Crippen LogP contribution in [-0.2, 0) is 0 Å². The quantitative estimate of drug-likeness (QED) is 0.538. The third-order valence-corrected chi connectivity index (χ3v) is 3.49. The van der Waals surface area contributed by atoms with E-state index in [1.807, 2.05) is 4.90 Å². The van der Waals surface area contributed by atoms with Crippen molar-refractivity contribution in [3.05, 3.63) is 39.4 Å². The fourth-order valence-corrected chi connectivity index (χ4v) is 2.19. The van der Waals surface area contributed by atoms with Crippen LogP contribution in [0.4, 0.5) is 5.69 Å². The van der Waals surface area contributed by atoms with Gasteiger partial charge in [-0.05, 0) is 31.9 Å². The van der Waals surface area contributed by atoms with Crippen molar-refractivity contribution in [1.82, 2.24) is 4.90 Å². The van der Waals surface area contributed by atoms with E-state index in [0.717, 1.165) is 38.8 Å². The van der Waals surface area contributed by atoms with Crippen molar-refractivity contribution in [2.45, 2.75) is 46.5 Å². The van der Waals surface area contributed by atoms with E-state index in [9.17, 15) is 14.9 Å². The van der Waals surface area contributed by atoms with Crippen LogP contribution < -0.4 is 0 Å². The molecule has 0 unspecified atom stereocenters. The zero-order chi connectivity index (χ0) is 15.8. The summed E-state index contributed by atoms with van der Waals surface area (Å²) < 4.78 is 0. The Kier molecular flexibility index (Phi) is 6.85. The molecule has 0 radical (unpaired) electrons. The number of carbonyl (C=O) groups excluding carboxylic acids is 1. The van der Waals surface area contributed by atoms with Crippen molar-refractivity contribution < 1.29 is 9.72 Å². The van der Waals surface area contributed by atoms with Crippen molar-refractivity contribution in [2.24, 2.45) is 0 Å². The van der Waals surface area contributed by atoms with Crippen LogP contribution >= 0.6 is 0 Å². The number of hydrogen-bond acceptors (Lipinski definition) is 3. The van der Waals surface area contributed by atoms with Crippen molar-refractivity contribution in [3.8, 4) is 0 Å². The highest BCUT2D eigenvalue weighted by Gasteiger charge is 2.18. The van der Waals surface area contributed by atoms with E-state index in [2.05, 4.69) is 13.8 Å². The molecule has 0 spiro atoms. The first-order chi connectivity index (χ1) is 10.0. The highest BCUT2D eigenvalue weighted by atomic mass is 16.6. The number of nitro groups is 1. The maximum absolute atomic E-state index is 12.5. The van der Waals surface area contributed by atoms with Gasteiger partial charge in [-0.3, -0.25) is 14.9 Å². The van der Waals surface area contributed by atoms with Gasteiger partial charge in [0.2, 0.25) is 0 Å². The number of carbonyl (C=O) groups is 1. The molecule has 0 aromatic heterocycles. The van der Waals surface area contributed by atoms with Crippen molar-refractivity contribution in [3.63, 3.8) is 0 Å². The third-order valence-electron chi connectivity index (χ3n) is 3.49. The zero-order valence-electron chi connectivity index (χ0n) is 13.1. The third kappa shape index (κ3) is 4.85. The average molecular weight is 292 g/mol. The van der Waals surface area contributed by atoms with Gasteiger partial charge in [-0.25, -0.2) is 0 Å². The Labute approximate surface area is 126 Å². The van der Waals surface area contributed by atoms with Gasteiger partial charge in [-0.1, -0.05) is 26.7 Å². The summed E-state index contributed by atoms with van der Waals surface area (Å²) in [4.78, 5) is 24.8. The summed E-state index contributed by atoms with van der Waals surface area (Å²) in [5.41, 5.74) is 1.11. The fourth-order valence-electron chi connectivity index (χ4n) is 2.19. The molecule has 0 aliphatic rings. The van der Waals surface area contributed by atoms with Crippen LogP contribution in [-0.4, -0.2) is 28.8 Å². The van der Waals surface area contributed by atoms with Crippen LogP contribution in [0.2, 0.25) is 0 Å². The number of nitrogens with zero attached hydrogens (tertiary/aromatic N) is 2. The van der Waals surface area contributed by atoms with Gasteiger partial charge < -0.3 is 4.90 Å². The monoisotopic (exact) mass is 292 g/mol. The van der Waals surface area contributed by atoms with Crippen molar-refractivity contribution >= 4 is 11.6 Å². The minimum atomic E-state index is -0.421. The maximum atomic E-state index is 12.5. The van der Waals surface area contributed by atoms with E-state index in [1.54, 1.807) is 19.1 Å². The van der Waals surface area contributed by atoms with Gasteiger partial charge in [0.15, 0.2) is 0 Å². The van der Waals surface area contributed by atoms with Crippen LogP contribution in [0.5, 0.6) is 0 Å². The molecule has 0 aliphatic carbocycles. The van der Waals surface area contributed by atoms with Crippen LogP contribution in [0.1, 0.15) is 55.5 Å². The molecule has 1 aromatic rings. The van der Waals surface area contributed by atoms with Gasteiger partial charge in [0.1, 0.15) is 0 Å². The fraction of sp³-hybridized carbons (Fsp3) is 0.562. The number of nitro benzene ring substituents is 1. The molecule has 1 rings (SSSR count). The van der Waals surface area contributed by atoms with Crippen LogP contribution in [0.15, 0.2) is 18.2 Å². The second-order valence-electron chi connectivity index (χ2n) is 5.26. The first-order valence-corrected chi connectivity index (χ1v) is 7.55. The van der Waals surface area contributed by atoms with Gasteiger partial charge in [0, 0.05) is 30.3 Å². The van der Waals surface area contributed by atoms with E-state index in [-0.39, 0.29) is 11.6 Å². The Morgan fingerprint density at radius 1 is 1.19 bits per heavy atom. The van der Waals surface area contributed by atoms with Gasteiger partial charge in [0.05, 0.1) is 4.92 Å². The van der Waals surface area contributed by atoms with E-state index in [0.29, 0.717) is 11.1 Å². The van der Waals surface area contributed by atoms with E-state index in [4.69, 9.17) is 0 Å². The molecule has 0 bridgehead atoms. The topological polar surface area (TPSA) is 63.5 Å². The van der Waals surface area contributed by atoms with E-state index < -0.39 is 4.92 Å². The Morgan fingerprint density at radius 3 is 2.19 bits per heavy atom. The largest absolute Gasteiger partial charge is 0.339 e. The number of aryl methyl sites for hydroxylation is 1. The molecule has 5 nitrogen and oxygen atoms in total. The van der Waals surface area contributed by atoms with E-state index in [1.165, 1.54) is 6.07 Å². The number of benzene rings is 1. The number of amides is 1. The first kappa shape index (κ1) is 17.1. The molecule has 0 aliphatic heterocycles. The molecule has 0 N–H and O–H groups in total. The van der Waals surface area contributed by atoms with Gasteiger partial charge in [-0.15, -0.1) is 0 Å². The lowest BCUT2D eigenvalue weighted by Gasteiger charge is -2.22. The summed E-state index contributed by atoms with van der Waals surface area (Å²) >= 11 is 0. The van der Waals surface area contributed by atoms with Gasteiger partial charge in [0.25, 0.3) is 11.6 Å². The summed E-state index contributed by atoms with van der Waals surface area (Å²) in [6.07, 6.45) is 4.02.